The van der Waals surface area contributed by atoms with E-state index in [0.29, 0.717) is 16.7 Å². The van der Waals surface area contributed by atoms with Crippen molar-refractivity contribution in [2.75, 3.05) is 12.8 Å². The number of halogens is 3. The van der Waals surface area contributed by atoms with Gasteiger partial charge in [-0.1, -0.05) is 44.2 Å². The summed E-state index contributed by atoms with van der Waals surface area (Å²) in [6.45, 7) is 3.59. The van der Waals surface area contributed by atoms with Gasteiger partial charge in [0.1, 0.15) is 0 Å². The molecule has 0 aliphatic carbocycles. The number of carbonyl (C=O) groups excluding carboxylic acids is 1. The van der Waals surface area contributed by atoms with E-state index in [1.807, 2.05) is 0 Å². The number of benzene rings is 2. The van der Waals surface area contributed by atoms with Crippen molar-refractivity contribution in [1.82, 2.24) is 5.32 Å². The molecule has 0 aliphatic rings. The van der Waals surface area contributed by atoms with Gasteiger partial charge in [-0.15, -0.1) is 0 Å². The molecule has 0 saturated carbocycles. The van der Waals surface area contributed by atoms with Gasteiger partial charge in [0.05, 0.1) is 11.3 Å². The first kappa shape index (κ1) is 21.9. The molecule has 152 valence electrons. The third-order valence-corrected chi connectivity index (χ3v) is 5.14. The lowest BCUT2D eigenvalue weighted by Gasteiger charge is -2.26. The predicted octanol–water partition coefficient (Wildman–Crippen LogP) is 3.96. The van der Waals surface area contributed by atoms with Crippen molar-refractivity contribution in [3.63, 3.8) is 0 Å². The lowest BCUT2D eigenvalue weighted by atomic mass is 9.83. The van der Waals surface area contributed by atoms with Gasteiger partial charge in [0.25, 0.3) is 5.91 Å². The fraction of sp³-hybridized carbons (Fsp3) is 0.350. The zero-order chi connectivity index (χ0) is 21.2. The number of sulfone groups is 1. The first-order chi connectivity index (χ1) is 12.8. The molecule has 0 saturated heterocycles. The Morgan fingerprint density at radius 1 is 1.00 bits per heavy atom. The van der Waals surface area contributed by atoms with Crippen molar-refractivity contribution in [2.45, 2.75) is 31.2 Å². The van der Waals surface area contributed by atoms with Gasteiger partial charge in [-0.3, -0.25) is 4.79 Å². The van der Waals surface area contributed by atoms with Gasteiger partial charge in [-0.05, 0) is 29.3 Å². The van der Waals surface area contributed by atoms with E-state index in [4.69, 9.17) is 0 Å². The summed E-state index contributed by atoms with van der Waals surface area (Å²) in [5.41, 5.74) is -0.235. The van der Waals surface area contributed by atoms with Gasteiger partial charge >= 0.3 is 6.18 Å². The maximum atomic E-state index is 12.9. The summed E-state index contributed by atoms with van der Waals surface area (Å²) in [6, 6.07) is 11.3. The van der Waals surface area contributed by atoms with Crippen LogP contribution in [-0.2, 0) is 27.2 Å². The van der Waals surface area contributed by atoms with Crippen LogP contribution in [0.1, 0.15) is 40.9 Å². The fourth-order valence-electron chi connectivity index (χ4n) is 2.73. The maximum absolute atomic E-state index is 12.9. The van der Waals surface area contributed by atoms with E-state index in [2.05, 4.69) is 5.32 Å². The van der Waals surface area contributed by atoms with Crippen molar-refractivity contribution in [2.24, 2.45) is 0 Å². The van der Waals surface area contributed by atoms with E-state index in [0.717, 1.165) is 18.4 Å². The number of rotatable bonds is 6. The van der Waals surface area contributed by atoms with E-state index >= 15 is 0 Å². The Labute approximate surface area is 162 Å². The minimum Gasteiger partial charge on any atom is -0.351 e. The van der Waals surface area contributed by atoms with Gasteiger partial charge in [-0.2, -0.15) is 13.2 Å². The normalized spacial score (nSPS) is 12.6. The third-order valence-electron chi connectivity index (χ3n) is 4.28. The highest BCUT2D eigenvalue weighted by molar-refractivity contribution is 7.89. The summed E-state index contributed by atoms with van der Waals surface area (Å²) in [6.07, 6.45) is -3.33. The van der Waals surface area contributed by atoms with Gasteiger partial charge in [0.2, 0.25) is 0 Å². The molecule has 2 rings (SSSR count). The molecule has 0 unspecified atom stereocenters. The van der Waals surface area contributed by atoms with Crippen LogP contribution in [0.4, 0.5) is 13.2 Å². The standard InChI is InChI=1S/C20H22F3NO3S/c1-19(2,16-8-5-9-17(11-16)20(21,22)23)13-24-18(25)15-7-4-6-14(10-15)12-28(3,26)27/h4-11H,12-13H2,1-3H3,(H,24,25). The lowest BCUT2D eigenvalue weighted by Crippen LogP contribution is -2.36. The molecule has 4 nitrogen and oxygen atoms in total. The number of amides is 1. The summed E-state index contributed by atoms with van der Waals surface area (Å²) >= 11 is 0. The van der Waals surface area contributed by atoms with Crippen LogP contribution in [0.3, 0.4) is 0 Å². The number of hydrogen-bond acceptors (Lipinski definition) is 3. The second-order valence-electron chi connectivity index (χ2n) is 7.42. The molecule has 0 radical (unpaired) electrons. The van der Waals surface area contributed by atoms with Crippen molar-refractivity contribution >= 4 is 15.7 Å². The zero-order valence-electron chi connectivity index (χ0n) is 15.8. The molecule has 2 aromatic rings. The SMILES string of the molecule is CC(C)(CNC(=O)c1cccc(CS(C)(=O)=O)c1)c1cccc(C(F)(F)F)c1. The van der Waals surface area contributed by atoms with Crippen LogP contribution < -0.4 is 5.32 Å². The summed E-state index contributed by atoms with van der Waals surface area (Å²) in [4.78, 5) is 12.4. The smallest absolute Gasteiger partial charge is 0.351 e. The Hall–Kier alpha value is -2.35. The highest BCUT2D eigenvalue weighted by Gasteiger charge is 2.32. The van der Waals surface area contributed by atoms with Crippen LogP contribution >= 0.6 is 0 Å². The highest BCUT2D eigenvalue weighted by Crippen LogP contribution is 2.32. The first-order valence-electron chi connectivity index (χ1n) is 8.50. The fourth-order valence-corrected chi connectivity index (χ4v) is 3.51. The van der Waals surface area contributed by atoms with E-state index < -0.39 is 32.9 Å². The van der Waals surface area contributed by atoms with Gasteiger partial charge < -0.3 is 5.32 Å². The van der Waals surface area contributed by atoms with E-state index in [-0.39, 0.29) is 12.3 Å². The van der Waals surface area contributed by atoms with Crippen molar-refractivity contribution in [1.29, 1.82) is 0 Å². The largest absolute Gasteiger partial charge is 0.416 e. The number of hydrogen-bond donors (Lipinski definition) is 1. The van der Waals surface area contributed by atoms with Crippen molar-refractivity contribution in [3.05, 3.63) is 70.8 Å². The molecule has 0 spiro atoms. The summed E-state index contributed by atoms with van der Waals surface area (Å²) < 4.78 is 61.6. The van der Waals surface area contributed by atoms with Crippen LogP contribution in [0.5, 0.6) is 0 Å². The van der Waals surface area contributed by atoms with Gasteiger partial charge in [-0.25, -0.2) is 8.42 Å². The van der Waals surface area contributed by atoms with Crippen molar-refractivity contribution < 1.29 is 26.4 Å². The van der Waals surface area contributed by atoms with Crippen LogP contribution in [0.2, 0.25) is 0 Å². The monoisotopic (exact) mass is 413 g/mol. The quantitative estimate of drug-likeness (QED) is 0.780. The second-order valence-corrected chi connectivity index (χ2v) is 9.56. The van der Waals surface area contributed by atoms with Crippen molar-refractivity contribution in [3.8, 4) is 0 Å². The van der Waals surface area contributed by atoms with Crippen LogP contribution in [0.25, 0.3) is 0 Å². The average Bonchev–Trinajstić information content (AvgIpc) is 2.58. The minimum absolute atomic E-state index is 0.115. The Kier molecular flexibility index (Phi) is 6.23. The topological polar surface area (TPSA) is 63.2 Å². The molecule has 0 fully saturated rings. The second kappa shape index (κ2) is 7.95. The molecule has 0 bridgehead atoms. The zero-order valence-corrected chi connectivity index (χ0v) is 16.6. The molecule has 8 heteroatoms. The van der Waals surface area contributed by atoms with Crippen LogP contribution in [-0.4, -0.2) is 27.1 Å². The maximum Gasteiger partial charge on any atom is 0.416 e. The molecule has 0 atom stereocenters. The first-order valence-corrected chi connectivity index (χ1v) is 10.6. The third kappa shape index (κ3) is 6.09. The number of alkyl halides is 3. The number of carbonyl (C=O) groups is 1. The Balaban J connectivity index is 2.13. The van der Waals surface area contributed by atoms with Gasteiger partial charge in [0, 0.05) is 23.8 Å². The molecule has 0 heterocycles. The Bertz CT molecular complexity index is 967. The van der Waals surface area contributed by atoms with Crippen LogP contribution in [0.15, 0.2) is 48.5 Å². The Morgan fingerprint density at radius 2 is 1.61 bits per heavy atom. The molecular weight excluding hydrogens is 391 g/mol. The molecule has 0 aromatic heterocycles. The van der Waals surface area contributed by atoms with Crippen LogP contribution in [0, 0.1) is 0 Å². The molecule has 0 aliphatic heterocycles. The summed E-state index contributed by atoms with van der Waals surface area (Å²) in [5, 5.41) is 2.72. The summed E-state index contributed by atoms with van der Waals surface area (Å²) in [5.74, 6) is -0.598. The molecular formula is C20H22F3NO3S. The number of nitrogens with one attached hydrogen (secondary N) is 1. The molecule has 2 aromatic carbocycles. The molecule has 1 N–H and O–H groups in total. The lowest BCUT2D eigenvalue weighted by molar-refractivity contribution is -0.137. The average molecular weight is 413 g/mol. The van der Waals surface area contributed by atoms with E-state index in [1.54, 1.807) is 38.1 Å². The summed E-state index contributed by atoms with van der Waals surface area (Å²) in [7, 11) is -3.23. The molecule has 1 amide bonds. The highest BCUT2D eigenvalue weighted by atomic mass is 32.2. The van der Waals surface area contributed by atoms with E-state index in [1.165, 1.54) is 12.1 Å². The Morgan fingerprint density at radius 3 is 2.21 bits per heavy atom. The molecule has 28 heavy (non-hydrogen) atoms. The predicted molar refractivity (Wildman–Crippen MR) is 102 cm³/mol. The minimum atomic E-state index is -4.44. The van der Waals surface area contributed by atoms with Gasteiger partial charge in [0.15, 0.2) is 9.84 Å². The van der Waals surface area contributed by atoms with E-state index in [9.17, 15) is 26.4 Å².